The van der Waals surface area contributed by atoms with E-state index in [0.717, 1.165) is 5.56 Å². The van der Waals surface area contributed by atoms with Gasteiger partial charge in [-0.15, -0.1) is 0 Å². The third-order valence-electron chi connectivity index (χ3n) is 1.32. The Kier molecular flexibility index (Phi) is 9.31. The van der Waals surface area contributed by atoms with Crippen LogP contribution < -0.4 is 0 Å². The zero-order valence-electron chi connectivity index (χ0n) is 9.98. The van der Waals surface area contributed by atoms with Crippen LogP contribution in [-0.2, 0) is 10.1 Å². The highest BCUT2D eigenvalue weighted by Gasteiger charge is 2.06. The zero-order chi connectivity index (χ0) is 12.5. The summed E-state index contributed by atoms with van der Waals surface area (Å²) >= 11 is 0. The molecule has 0 spiro atoms. The largest absolute Gasteiger partial charge is 0.294 e. The SMILES string of the molecule is CC.CC.Cc1ccc(S(=O)(=O)O)cc1. The van der Waals surface area contributed by atoms with E-state index in [9.17, 15) is 8.42 Å². The van der Waals surface area contributed by atoms with Crippen molar-refractivity contribution in [1.29, 1.82) is 0 Å². The van der Waals surface area contributed by atoms with Gasteiger partial charge in [-0.2, -0.15) is 8.42 Å². The fourth-order valence-electron chi connectivity index (χ4n) is 0.710. The lowest BCUT2D eigenvalue weighted by atomic mass is 10.2. The van der Waals surface area contributed by atoms with Gasteiger partial charge >= 0.3 is 0 Å². The van der Waals surface area contributed by atoms with E-state index >= 15 is 0 Å². The van der Waals surface area contributed by atoms with Gasteiger partial charge in [-0.1, -0.05) is 45.4 Å². The third kappa shape index (κ3) is 7.11. The van der Waals surface area contributed by atoms with E-state index in [1.54, 1.807) is 12.1 Å². The number of benzene rings is 1. The molecule has 0 bridgehead atoms. The lowest BCUT2D eigenvalue weighted by Crippen LogP contribution is -1.96. The number of hydrogen-bond acceptors (Lipinski definition) is 2. The molecule has 4 heteroatoms. The second kappa shape index (κ2) is 8.44. The van der Waals surface area contributed by atoms with Crippen molar-refractivity contribution in [3.05, 3.63) is 29.8 Å². The molecule has 0 aliphatic heterocycles. The molecule has 15 heavy (non-hydrogen) atoms. The minimum absolute atomic E-state index is 0.0666. The average molecular weight is 232 g/mol. The van der Waals surface area contributed by atoms with Crippen LogP contribution in [0.1, 0.15) is 33.3 Å². The van der Waals surface area contributed by atoms with Crippen molar-refractivity contribution in [3.63, 3.8) is 0 Å². The van der Waals surface area contributed by atoms with Gasteiger partial charge in [0.2, 0.25) is 0 Å². The zero-order valence-corrected chi connectivity index (χ0v) is 10.8. The summed E-state index contributed by atoms with van der Waals surface area (Å²) in [5.41, 5.74) is 0.956. The molecule has 1 N–H and O–H groups in total. The van der Waals surface area contributed by atoms with Crippen LogP contribution in [-0.4, -0.2) is 13.0 Å². The first-order valence-corrected chi connectivity index (χ1v) is 6.48. The fourth-order valence-corrected chi connectivity index (χ4v) is 1.19. The molecule has 0 saturated carbocycles. The standard InChI is InChI=1S/C7H8O3S.2C2H6/c1-6-2-4-7(5-3-6)11(8,9)10;2*1-2/h2-5H,1H3,(H,8,9,10);2*1-2H3. The van der Waals surface area contributed by atoms with E-state index in [2.05, 4.69) is 0 Å². The van der Waals surface area contributed by atoms with Crippen molar-refractivity contribution in [2.24, 2.45) is 0 Å². The molecule has 0 fully saturated rings. The molecule has 1 rings (SSSR count). The molecule has 0 amide bonds. The molecular formula is C11H20O3S. The monoisotopic (exact) mass is 232 g/mol. The summed E-state index contributed by atoms with van der Waals surface area (Å²) in [6, 6.07) is 5.99. The Balaban J connectivity index is 0. The highest BCUT2D eigenvalue weighted by molar-refractivity contribution is 7.85. The second-order valence-electron chi connectivity index (χ2n) is 2.29. The Morgan fingerprint density at radius 3 is 1.53 bits per heavy atom. The maximum Gasteiger partial charge on any atom is 0.294 e. The Bertz CT molecular complexity index is 339. The predicted octanol–water partition coefficient (Wildman–Crippen LogP) is 3.29. The molecule has 0 aromatic heterocycles. The maximum absolute atomic E-state index is 10.5. The van der Waals surface area contributed by atoms with Gasteiger partial charge in [0.15, 0.2) is 0 Å². The quantitative estimate of drug-likeness (QED) is 0.756. The topological polar surface area (TPSA) is 54.4 Å². The van der Waals surface area contributed by atoms with Crippen molar-refractivity contribution in [3.8, 4) is 0 Å². The second-order valence-corrected chi connectivity index (χ2v) is 3.71. The molecule has 1 aromatic carbocycles. The molecule has 0 aliphatic rings. The summed E-state index contributed by atoms with van der Waals surface area (Å²) in [4.78, 5) is -0.0666. The van der Waals surface area contributed by atoms with Gasteiger partial charge < -0.3 is 0 Å². The van der Waals surface area contributed by atoms with E-state index in [0.29, 0.717) is 0 Å². The Morgan fingerprint density at radius 2 is 1.27 bits per heavy atom. The predicted molar refractivity (Wildman–Crippen MR) is 63.7 cm³/mol. The van der Waals surface area contributed by atoms with Crippen LogP contribution in [0, 0.1) is 6.92 Å². The van der Waals surface area contributed by atoms with Crippen molar-refractivity contribution in [2.45, 2.75) is 39.5 Å². The van der Waals surface area contributed by atoms with Crippen molar-refractivity contribution in [2.75, 3.05) is 0 Å². The molecular weight excluding hydrogens is 212 g/mol. The van der Waals surface area contributed by atoms with Crippen molar-refractivity contribution < 1.29 is 13.0 Å². The summed E-state index contributed by atoms with van der Waals surface area (Å²) in [5.74, 6) is 0. The van der Waals surface area contributed by atoms with Gasteiger partial charge in [0.05, 0.1) is 4.90 Å². The minimum Gasteiger partial charge on any atom is -0.282 e. The van der Waals surface area contributed by atoms with Gasteiger partial charge in [0, 0.05) is 0 Å². The summed E-state index contributed by atoms with van der Waals surface area (Å²) in [6.07, 6.45) is 0. The van der Waals surface area contributed by atoms with Gasteiger partial charge in [-0.25, -0.2) is 0 Å². The molecule has 0 heterocycles. The van der Waals surface area contributed by atoms with E-state index in [1.165, 1.54) is 12.1 Å². The van der Waals surface area contributed by atoms with E-state index in [4.69, 9.17) is 4.55 Å². The lowest BCUT2D eigenvalue weighted by Gasteiger charge is -1.95. The summed E-state index contributed by atoms with van der Waals surface area (Å²) < 4.78 is 29.6. The first kappa shape index (κ1) is 16.6. The molecule has 1 aromatic rings. The van der Waals surface area contributed by atoms with Gasteiger partial charge in [0.1, 0.15) is 0 Å². The molecule has 3 nitrogen and oxygen atoms in total. The van der Waals surface area contributed by atoms with Gasteiger partial charge in [-0.3, -0.25) is 4.55 Å². The Labute approximate surface area is 92.9 Å². The van der Waals surface area contributed by atoms with E-state index < -0.39 is 10.1 Å². The number of rotatable bonds is 1. The van der Waals surface area contributed by atoms with Crippen LogP contribution in [0.3, 0.4) is 0 Å². The number of aryl methyl sites for hydroxylation is 1. The minimum atomic E-state index is -4.02. The molecule has 0 unspecified atom stereocenters. The Hall–Kier alpha value is -0.870. The normalized spacial score (nSPS) is 9.20. The van der Waals surface area contributed by atoms with Crippen LogP contribution in [0.25, 0.3) is 0 Å². The van der Waals surface area contributed by atoms with Crippen molar-refractivity contribution >= 4 is 10.1 Å². The van der Waals surface area contributed by atoms with Crippen LogP contribution in [0.2, 0.25) is 0 Å². The van der Waals surface area contributed by atoms with Crippen LogP contribution in [0.15, 0.2) is 29.2 Å². The van der Waals surface area contributed by atoms with Gasteiger partial charge in [-0.05, 0) is 19.1 Å². The molecule has 0 aliphatic carbocycles. The summed E-state index contributed by atoms with van der Waals surface area (Å²) in [6.45, 7) is 9.84. The van der Waals surface area contributed by atoms with E-state index in [-0.39, 0.29) is 4.90 Å². The van der Waals surface area contributed by atoms with E-state index in [1.807, 2.05) is 34.6 Å². The van der Waals surface area contributed by atoms with Crippen LogP contribution in [0.4, 0.5) is 0 Å². The van der Waals surface area contributed by atoms with Crippen LogP contribution >= 0.6 is 0 Å². The molecule has 0 saturated heterocycles. The summed E-state index contributed by atoms with van der Waals surface area (Å²) in [7, 11) is -4.02. The first-order valence-electron chi connectivity index (χ1n) is 5.04. The molecule has 0 atom stereocenters. The smallest absolute Gasteiger partial charge is 0.282 e. The first-order chi connectivity index (χ1) is 7.00. The van der Waals surface area contributed by atoms with Crippen LogP contribution in [0.5, 0.6) is 0 Å². The maximum atomic E-state index is 10.5. The average Bonchev–Trinajstić information content (AvgIpc) is 2.23. The highest BCUT2D eigenvalue weighted by atomic mass is 32.2. The van der Waals surface area contributed by atoms with Gasteiger partial charge in [0.25, 0.3) is 10.1 Å². The molecule has 0 radical (unpaired) electrons. The summed E-state index contributed by atoms with van der Waals surface area (Å²) in [5, 5.41) is 0. The highest BCUT2D eigenvalue weighted by Crippen LogP contribution is 2.08. The Morgan fingerprint density at radius 1 is 0.933 bits per heavy atom. The lowest BCUT2D eigenvalue weighted by molar-refractivity contribution is 0.483. The fraction of sp³-hybridized carbons (Fsp3) is 0.455. The van der Waals surface area contributed by atoms with Crippen molar-refractivity contribution in [1.82, 2.24) is 0 Å². The molecule has 88 valence electrons. The third-order valence-corrected chi connectivity index (χ3v) is 2.19. The number of hydrogen-bond donors (Lipinski definition) is 1.